The van der Waals surface area contributed by atoms with E-state index in [0.717, 1.165) is 9.32 Å². The molecule has 0 saturated heterocycles. The zero-order chi connectivity index (χ0) is 10.7. The maximum atomic E-state index is 5.48. The summed E-state index contributed by atoms with van der Waals surface area (Å²) in [6.45, 7) is 0. The lowest BCUT2D eigenvalue weighted by atomic mass is 10.3. The molecule has 0 fully saturated rings. The van der Waals surface area contributed by atoms with Crippen molar-refractivity contribution in [2.75, 3.05) is 5.73 Å². The minimum Gasteiger partial charge on any atom is -0.439 e. The largest absolute Gasteiger partial charge is 0.439 e. The van der Waals surface area contributed by atoms with E-state index in [4.69, 9.17) is 10.5 Å². The van der Waals surface area contributed by atoms with Crippen LogP contribution in [0.1, 0.15) is 0 Å². The summed E-state index contributed by atoms with van der Waals surface area (Å²) in [5.74, 6) is 1.38. The highest BCUT2D eigenvalue weighted by molar-refractivity contribution is 14.1. The van der Waals surface area contributed by atoms with Gasteiger partial charge in [-0.3, -0.25) is 0 Å². The number of aromatic nitrogens is 2. The van der Waals surface area contributed by atoms with E-state index in [-0.39, 0.29) is 5.95 Å². The molecule has 15 heavy (non-hydrogen) atoms. The lowest BCUT2D eigenvalue weighted by Crippen LogP contribution is -1.95. The summed E-state index contributed by atoms with van der Waals surface area (Å²) in [6, 6.07) is 9.33. The minimum absolute atomic E-state index is 0.206. The molecule has 0 aliphatic carbocycles. The Morgan fingerprint density at radius 3 is 2.53 bits per heavy atom. The Balaban J connectivity index is 2.18. The van der Waals surface area contributed by atoms with Crippen molar-refractivity contribution in [1.29, 1.82) is 0 Å². The third kappa shape index (κ3) is 2.79. The van der Waals surface area contributed by atoms with Gasteiger partial charge in [0.25, 0.3) is 0 Å². The maximum absolute atomic E-state index is 5.48. The number of halogens is 1. The monoisotopic (exact) mass is 313 g/mol. The van der Waals surface area contributed by atoms with Crippen LogP contribution in [0.3, 0.4) is 0 Å². The molecule has 0 amide bonds. The van der Waals surface area contributed by atoms with E-state index in [0.29, 0.717) is 5.88 Å². The zero-order valence-corrected chi connectivity index (χ0v) is 9.88. The van der Waals surface area contributed by atoms with Crippen molar-refractivity contribution in [2.24, 2.45) is 0 Å². The quantitative estimate of drug-likeness (QED) is 0.865. The predicted molar refractivity (Wildman–Crippen MR) is 65.7 cm³/mol. The smallest absolute Gasteiger partial charge is 0.224 e. The summed E-state index contributed by atoms with van der Waals surface area (Å²) < 4.78 is 6.63. The van der Waals surface area contributed by atoms with Gasteiger partial charge in [0.05, 0.1) is 0 Å². The fraction of sp³-hybridized carbons (Fsp3) is 0. The molecule has 2 N–H and O–H groups in total. The first-order valence-electron chi connectivity index (χ1n) is 4.26. The van der Waals surface area contributed by atoms with Gasteiger partial charge in [0.15, 0.2) is 0 Å². The number of nitrogens with zero attached hydrogens (tertiary/aromatic N) is 2. The minimum atomic E-state index is 0.206. The van der Waals surface area contributed by atoms with Gasteiger partial charge in [0, 0.05) is 15.8 Å². The number of benzene rings is 1. The molecule has 0 unspecified atom stereocenters. The van der Waals surface area contributed by atoms with Crippen LogP contribution in [-0.4, -0.2) is 9.97 Å². The van der Waals surface area contributed by atoms with E-state index >= 15 is 0 Å². The first-order valence-corrected chi connectivity index (χ1v) is 5.34. The number of hydrogen-bond acceptors (Lipinski definition) is 4. The number of ether oxygens (including phenoxy) is 1. The molecule has 1 aromatic heterocycles. The lowest BCUT2D eigenvalue weighted by Gasteiger charge is -2.04. The van der Waals surface area contributed by atoms with Crippen LogP contribution >= 0.6 is 22.6 Å². The standard InChI is InChI=1S/C10H8IN3O/c11-7-1-3-8(4-2-7)15-9-5-6-13-10(12)14-9/h1-6H,(H2,12,13,14). The van der Waals surface area contributed by atoms with E-state index in [1.807, 2.05) is 24.3 Å². The number of nitrogens with two attached hydrogens (primary N) is 1. The van der Waals surface area contributed by atoms with Gasteiger partial charge in [-0.2, -0.15) is 4.98 Å². The highest BCUT2D eigenvalue weighted by Gasteiger charge is 1.98. The van der Waals surface area contributed by atoms with E-state index in [1.54, 1.807) is 12.3 Å². The van der Waals surface area contributed by atoms with Crippen LogP contribution in [0.25, 0.3) is 0 Å². The Morgan fingerprint density at radius 2 is 1.87 bits per heavy atom. The number of rotatable bonds is 2. The van der Waals surface area contributed by atoms with Crippen molar-refractivity contribution in [3.63, 3.8) is 0 Å². The SMILES string of the molecule is Nc1nccc(Oc2ccc(I)cc2)n1. The van der Waals surface area contributed by atoms with Crippen LogP contribution < -0.4 is 10.5 Å². The van der Waals surface area contributed by atoms with E-state index in [9.17, 15) is 0 Å². The maximum Gasteiger partial charge on any atom is 0.224 e. The summed E-state index contributed by atoms with van der Waals surface area (Å²) in [6.07, 6.45) is 1.56. The topological polar surface area (TPSA) is 61.0 Å². The molecule has 76 valence electrons. The Kier molecular flexibility index (Phi) is 3.00. The highest BCUT2D eigenvalue weighted by atomic mass is 127. The third-order valence-electron chi connectivity index (χ3n) is 1.68. The molecule has 0 aliphatic heterocycles. The van der Waals surface area contributed by atoms with Gasteiger partial charge in [0.1, 0.15) is 5.75 Å². The van der Waals surface area contributed by atoms with Gasteiger partial charge in [-0.1, -0.05) is 0 Å². The molecule has 5 heteroatoms. The van der Waals surface area contributed by atoms with Crippen molar-refractivity contribution in [3.8, 4) is 11.6 Å². The van der Waals surface area contributed by atoms with Gasteiger partial charge in [-0.25, -0.2) is 4.98 Å². The summed E-state index contributed by atoms with van der Waals surface area (Å²) in [7, 11) is 0. The van der Waals surface area contributed by atoms with Gasteiger partial charge in [-0.05, 0) is 46.9 Å². The second-order valence-electron chi connectivity index (χ2n) is 2.81. The number of nitrogen functional groups attached to an aromatic ring is 1. The average Bonchev–Trinajstić information content (AvgIpc) is 2.22. The molecule has 2 rings (SSSR count). The molecular weight excluding hydrogens is 305 g/mol. The second-order valence-corrected chi connectivity index (χ2v) is 4.05. The molecule has 2 aromatic rings. The van der Waals surface area contributed by atoms with Crippen molar-refractivity contribution in [2.45, 2.75) is 0 Å². The van der Waals surface area contributed by atoms with Crippen molar-refractivity contribution < 1.29 is 4.74 Å². The highest BCUT2D eigenvalue weighted by Crippen LogP contribution is 2.20. The average molecular weight is 313 g/mol. The molecule has 4 nitrogen and oxygen atoms in total. The third-order valence-corrected chi connectivity index (χ3v) is 2.40. The normalized spacial score (nSPS) is 9.93. The molecule has 0 radical (unpaired) electrons. The lowest BCUT2D eigenvalue weighted by molar-refractivity contribution is 0.462. The van der Waals surface area contributed by atoms with Gasteiger partial charge < -0.3 is 10.5 Å². The molecule has 0 bridgehead atoms. The summed E-state index contributed by atoms with van der Waals surface area (Å²) in [4.78, 5) is 7.71. The van der Waals surface area contributed by atoms with E-state index < -0.39 is 0 Å². The summed E-state index contributed by atoms with van der Waals surface area (Å²) >= 11 is 2.23. The van der Waals surface area contributed by atoms with E-state index in [2.05, 4.69) is 32.6 Å². The number of anilines is 1. The van der Waals surface area contributed by atoms with E-state index in [1.165, 1.54) is 0 Å². The zero-order valence-electron chi connectivity index (χ0n) is 7.72. The predicted octanol–water partition coefficient (Wildman–Crippen LogP) is 2.46. The van der Waals surface area contributed by atoms with Gasteiger partial charge in [-0.15, -0.1) is 0 Å². The van der Waals surface area contributed by atoms with Crippen LogP contribution in [-0.2, 0) is 0 Å². The Morgan fingerprint density at radius 1 is 1.13 bits per heavy atom. The van der Waals surface area contributed by atoms with Crippen LogP contribution in [0, 0.1) is 3.57 Å². The van der Waals surface area contributed by atoms with Crippen LogP contribution in [0.5, 0.6) is 11.6 Å². The first-order chi connectivity index (χ1) is 7.24. The Hall–Kier alpha value is -1.37. The molecule has 0 saturated carbocycles. The number of hydrogen-bond donors (Lipinski definition) is 1. The summed E-state index contributed by atoms with van der Waals surface area (Å²) in [5, 5.41) is 0. The van der Waals surface area contributed by atoms with Crippen molar-refractivity contribution in [1.82, 2.24) is 9.97 Å². The molecular formula is C10H8IN3O. The molecule has 0 aliphatic rings. The van der Waals surface area contributed by atoms with Crippen LogP contribution in [0.15, 0.2) is 36.5 Å². The van der Waals surface area contributed by atoms with Crippen LogP contribution in [0.2, 0.25) is 0 Å². The summed E-state index contributed by atoms with van der Waals surface area (Å²) in [5.41, 5.74) is 5.43. The van der Waals surface area contributed by atoms with Crippen LogP contribution in [0.4, 0.5) is 5.95 Å². The molecule has 0 atom stereocenters. The fourth-order valence-corrected chi connectivity index (χ4v) is 1.40. The molecule has 1 heterocycles. The fourth-order valence-electron chi connectivity index (χ4n) is 1.04. The van der Waals surface area contributed by atoms with Gasteiger partial charge in [0.2, 0.25) is 11.8 Å². The molecule has 1 aromatic carbocycles. The Labute approximate surface area is 101 Å². The molecule has 0 spiro atoms. The second kappa shape index (κ2) is 4.43. The van der Waals surface area contributed by atoms with Crippen molar-refractivity contribution in [3.05, 3.63) is 40.1 Å². The van der Waals surface area contributed by atoms with Crippen molar-refractivity contribution >= 4 is 28.5 Å². The Bertz CT molecular complexity index is 458. The first kappa shape index (κ1) is 10.2. The van der Waals surface area contributed by atoms with Gasteiger partial charge >= 0.3 is 0 Å².